The minimum absolute atomic E-state index is 0.0801. The number of nitrogens with zero attached hydrogens (tertiary/aromatic N) is 2. The second kappa shape index (κ2) is 8.72. The topological polar surface area (TPSA) is 23.6 Å². The van der Waals surface area contributed by atoms with Crippen molar-refractivity contribution in [3.8, 4) is 0 Å². The molecule has 0 N–H and O–H groups in total. The second-order valence-corrected chi connectivity index (χ2v) is 7.07. The maximum Gasteiger partial charge on any atom is 0.252 e. The van der Waals surface area contributed by atoms with Gasteiger partial charge in [-0.15, -0.1) is 11.6 Å². The van der Waals surface area contributed by atoms with Crippen molar-refractivity contribution in [1.29, 1.82) is 0 Å². The van der Waals surface area contributed by atoms with Crippen LogP contribution in [0.5, 0.6) is 0 Å². The molecular weight excluding hydrogens is 331 g/mol. The van der Waals surface area contributed by atoms with Crippen molar-refractivity contribution in [2.24, 2.45) is 0 Å². The molecule has 23 heavy (non-hydrogen) atoms. The number of carbonyl (C=O) groups is 1. The lowest BCUT2D eigenvalue weighted by molar-refractivity contribution is -0.115. The first-order valence-electron chi connectivity index (χ1n) is 8.00. The lowest BCUT2D eigenvalue weighted by Crippen LogP contribution is -2.52. The summed E-state index contributed by atoms with van der Waals surface area (Å²) in [6.45, 7) is 0. The van der Waals surface area contributed by atoms with E-state index in [0.717, 1.165) is 31.4 Å². The molecule has 3 unspecified atom stereocenters. The summed E-state index contributed by atoms with van der Waals surface area (Å²) in [6.07, 6.45) is 5.24. The molecule has 126 valence electrons. The Kier molecular flexibility index (Phi) is 6.94. The molecular formula is C18H24Cl2N2O. The lowest BCUT2D eigenvalue weighted by atomic mass is 9.99. The smallest absolute Gasteiger partial charge is 0.252 e. The second-order valence-electron chi connectivity index (χ2n) is 6.20. The molecule has 0 spiro atoms. The number of halogens is 2. The van der Waals surface area contributed by atoms with Gasteiger partial charge in [0.05, 0.1) is 6.04 Å². The normalized spacial score (nSPS) is 25.5. The number of alkyl halides is 1. The molecule has 1 saturated carbocycles. The van der Waals surface area contributed by atoms with Gasteiger partial charge < -0.3 is 9.80 Å². The van der Waals surface area contributed by atoms with E-state index in [9.17, 15) is 4.79 Å². The van der Waals surface area contributed by atoms with Crippen molar-refractivity contribution in [3.63, 3.8) is 0 Å². The molecule has 0 saturated heterocycles. The van der Waals surface area contributed by atoms with Crippen LogP contribution in [0, 0.1) is 0 Å². The number of benzene rings is 1. The highest BCUT2D eigenvalue weighted by Crippen LogP contribution is 2.31. The number of hydrogen-bond donors (Lipinski definition) is 0. The molecule has 0 heterocycles. The van der Waals surface area contributed by atoms with Crippen molar-refractivity contribution in [2.75, 3.05) is 19.0 Å². The number of rotatable bonds is 4. The van der Waals surface area contributed by atoms with E-state index in [0.29, 0.717) is 0 Å². The molecule has 5 heteroatoms. The van der Waals surface area contributed by atoms with Crippen LogP contribution < -0.4 is 4.90 Å². The predicted octanol–water partition coefficient (Wildman–Crippen LogP) is 4.25. The first-order valence-corrected chi connectivity index (χ1v) is 8.87. The number of hydrogen-bond acceptors (Lipinski definition) is 2. The summed E-state index contributed by atoms with van der Waals surface area (Å²) in [5.41, 5.74) is 2.18. The average molecular weight is 355 g/mol. The summed E-state index contributed by atoms with van der Waals surface area (Å²) in [5.74, 6) is -0.0870. The van der Waals surface area contributed by atoms with Crippen LogP contribution in [0.1, 0.15) is 25.7 Å². The quantitative estimate of drug-likeness (QED) is 0.458. The van der Waals surface area contributed by atoms with Gasteiger partial charge >= 0.3 is 0 Å². The van der Waals surface area contributed by atoms with Crippen molar-refractivity contribution in [1.82, 2.24) is 4.90 Å². The van der Waals surface area contributed by atoms with Gasteiger partial charge in [-0.05, 0) is 51.9 Å². The molecule has 0 aliphatic heterocycles. The molecule has 3 nitrogen and oxygen atoms in total. The molecule has 0 aromatic heterocycles. The molecule has 1 aromatic carbocycles. The Morgan fingerprint density at radius 2 is 1.87 bits per heavy atom. The molecule has 3 atom stereocenters. The van der Waals surface area contributed by atoms with Crippen molar-refractivity contribution in [2.45, 2.75) is 43.1 Å². The Balaban J connectivity index is 2.41. The van der Waals surface area contributed by atoms with Crippen LogP contribution in [0.4, 0.5) is 5.69 Å². The average Bonchev–Trinajstić information content (AvgIpc) is 2.71. The van der Waals surface area contributed by atoms with E-state index in [1.54, 1.807) is 0 Å². The van der Waals surface area contributed by atoms with Gasteiger partial charge in [0.15, 0.2) is 0 Å². The Morgan fingerprint density at radius 1 is 1.17 bits per heavy atom. The number of para-hydroxylation sites is 1. The van der Waals surface area contributed by atoms with Crippen LogP contribution in [0.25, 0.3) is 0 Å². The van der Waals surface area contributed by atoms with Crippen LogP contribution >= 0.6 is 23.2 Å². The van der Waals surface area contributed by atoms with Gasteiger partial charge in [0.1, 0.15) is 0 Å². The number of likely N-dealkylation sites (N-methyl/N-ethyl adjacent to an activating group) is 1. The summed E-state index contributed by atoms with van der Waals surface area (Å²) in [7, 11) is 4.11. The molecule has 1 aromatic rings. The van der Waals surface area contributed by atoms with Gasteiger partial charge in [-0.25, -0.2) is 0 Å². The Morgan fingerprint density at radius 3 is 2.48 bits per heavy atom. The van der Waals surface area contributed by atoms with E-state index in [1.807, 2.05) is 35.2 Å². The van der Waals surface area contributed by atoms with E-state index in [1.165, 1.54) is 11.6 Å². The summed E-state index contributed by atoms with van der Waals surface area (Å²) < 4.78 is 0. The standard InChI is InChI=1S/C18H24Cl2N2O/c1-21(2)17-13-14(20)7-6-10-16(17)22(18(23)11-12-19)15-8-4-3-5-9-15/h3-5,8-9,11-12,14,16-17H,6-7,10,13H2,1-2H3/b12-11+. The Hall–Kier alpha value is -1.03. The van der Waals surface area contributed by atoms with Gasteiger partial charge in [-0.1, -0.05) is 29.8 Å². The minimum Gasteiger partial charge on any atom is -0.304 e. The maximum atomic E-state index is 12.7. The van der Waals surface area contributed by atoms with E-state index < -0.39 is 0 Å². The zero-order chi connectivity index (χ0) is 16.8. The molecule has 0 bridgehead atoms. The number of carbonyl (C=O) groups excluding carboxylic acids is 1. The highest BCUT2D eigenvalue weighted by Gasteiger charge is 2.35. The number of anilines is 1. The fourth-order valence-electron chi connectivity index (χ4n) is 3.34. The van der Waals surface area contributed by atoms with Gasteiger partial charge in [-0.3, -0.25) is 4.79 Å². The highest BCUT2D eigenvalue weighted by molar-refractivity contribution is 6.27. The van der Waals surface area contributed by atoms with Crippen LogP contribution in [-0.2, 0) is 4.79 Å². The van der Waals surface area contributed by atoms with E-state index in [2.05, 4.69) is 19.0 Å². The molecule has 2 rings (SSSR count). The van der Waals surface area contributed by atoms with Crippen LogP contribution in [0.3, 0.4) is 0 Å². The van der Waals surface area contributed by atoms with Crippen LogP contribution in [0.2, 0.25) is 0 Å². The Bertz CT molecular complexity index is 533. The number of amides is 1. The monoisotopic (exact) mass is 354 g/mol. The van der Waals surface area contributed by atoms with Crippen molar-refractivity contribution >= 4 is 34.8 Å². The molecule has 1 fully saturated rings. The van der Waals surface area contributed by atoms with Gasteiger partial charge in [0, 0.05) is 28.7 Å². The van der Waals surface area contributed by atoms with Gasteiger partial charge in [0.2, 0.25) is 0 Å². The fraction of sp³-hybridized carbons (Fsp3) is 0.500. The zero-order valence-corrected chi connectivity index (χ0v) is 15.2. The summed E-state index contributed by atoms with van der Waals surface area (Å²) in [4.78, 5) is 16.8. The minimum atomic E-state index is -0.0870. The van der Waals surface area contributed by atoms with E-state index >= 15 is 0 Å². The summed E-state index contributed by atoms with van der Waals surface area (Å²) in [5, 5.41) is 0.156. The van der Waals surface area contributed by atoms with E-state index in [-0.39, 0.29) is 23.4 Å². The first-order chi connectivity index (χ1) is 11.0. The fourth-order valence-corrected chi connectivity index (χ4v) is 3.78. The third-order valence-electron chi connectivity index (χ3n) is 4.43. The summed E-state index contributed by atoms with van der Waals surface area (Å²) >= 11 is 12.1. The third kappa shape index (κ3) is 4.72. The maximum absolute atomic E-state index is 12.7. The summed E-state index contributed by atoms with van der Waals surface area (Å²) in [6, 6.07) is 10.1. The SMILES string of the molecule is CN(C)C1CC(Cl)CCCC1N(C(=O)/C=C/Cl)c1ccccc1. The zero-order valence-electron chi connectivity index (χ0n) is 13.7. The Labute approximate surface area is 148 Å². The third-order valence-corrected chi connectivity index (χ3v) is 4.95. The van der Waals surface area contributed by atoms with Gasteiger partial charge in [-0.2, -0.15) is 0 Å². The van der Waals surface area contributed by atoms with Crippen molar-refractivity contribution < 1.29 is 4.79 Å². The lowest BCUT2D eigenvalue weighted by Gasteiger charge is -2.39. The largest absolute Gasteiger partial charge is 0.304 e. The highest BCUT2D eigenvalue weighted by atomic mass is 35.5. The molecule has 1 aliphatic carbocycles. The van der Waals surface area contributed by atoms with Crippen LogP contribution in [0.15, 0.2) is 41.9 Å². The van der Waals surface area contributed by atoms with Crippen molar-refractivity contribution in [3.05, 3.63) is 41.9 Å². The molecule has 0 radical (unpaired) electrons. The molecule has 1 amide bonds. The van der Waals surface area contributed by atoms with E-state index in [4.69, 9.17) is 23.2 Å². The van der Waals surface area contributed by atoms with Gasteiger partial charge in [0.25, 0.3) is 5.91 Å². The first kappa shape index (κ1) is 18.3. The predicted molar refractivity (Wildman–Crippen MR) is 98.3 cm³/mol. The molecule has 1 aliphatic rings. The van der Waals surface area contributed by atoms with Crippen LogP contribution in [-0.4, -0.2) is 42.4 Å².